The molecule has 3 heterocycles. The van der Waals surface area contributed by atoms with Crippen molar-refractivity contribution in [1.82, 2.24) is 5.32 Å². The molecular formula is C22H25NO7. The molecule has 2 aliphatic rings. The lowest BCUT2D eigenvalue weighted by Crippen LogP contribution is -2.60. The van der Waals surface area contributed by atoms with Crippen molar-refractivity contribution in [1.29, 1.82) is 0 Å². The number of hydrogen-bond acceptors (Lipinski definition) is 7. The molecule has 30 heavy (non-hydrogen) atoms. The van der Waals surface area contributed by atoms with Gasteiger partial charge in [0.25, 0.3) is 5.91 Å². The van der Waals surface area contributed by atoms with Gasteiger partial charge in [0.05, 0.1) is 0 Å². The van der Waals surface area contributed by atoms with Gasteiger partial charge in [-0.15, -0.1) is 0 Å². The zero-order chi connectivity index (χ0) is 21.7. The SMILES string of the molecule is CCc1ccc(C2=C(C)C(O)[C@]3(O2)C(=O)NC(OC)(C(O)c2ccccc2)[C@@H]3O)o1. The summed E-state index contributed by atoms with van der Waals surface area (Å²) in [5.74, 6) is 0.443. The minimum Gasteiger partial charge on any atom is -0.467 e. The van der Waals surface area contributed by atoms with Crippen molar-refractivity contribution in [3.05, 3.63) is 65.1 Å². The van der Waals surface area contributed by atoms with E-state index in [0.29, 0.717) is 29.1 Å². The molecule has 0 saturated carbocycles. The second-order valence-electron chi connectivity index (χ2n) is 7.60. The number of ether oxygens (including phenoxy) is 2. The Morgan fingerprint density at radius 2 is 1.90 bits per heavy atom. The molecule has 2 aliphatic heterocycles. The molecule has 4 N–H and O–H groups in total. The molecule has 4 rings (SSSR count). The van der Waals surface area contributed by atoms with Gasteiger partial charge in [0.2, 0.25) is 11.3 Å². The molecule has 1 aromatic carbocycles. The van der Waals surface area contributed by atoms with Crippen LogP contribution in [0.15, 0.2) is 52.5 Å². The average molecular weight is 415 g/mol. The fourth-order valence-electron chi connectivity index (χ4n) is 4.22. The van der Waals surface area contributed by atoms with Crippen molar-refractivity contribution in [2.75, 3.05) is 7.11 Å². The van der Waals surface area contributed by atoms with Crippen LogP contribution in [0.4, 0.5) is 0 Å². The summed E-state index contributed by atoms with van der Waals surface area (Å²) >= 11 is 0. The van der Waals surface area contributed by atoms with Gasteiger partial charge in [-0.05, 0) is 24.6 Å². The molecule has 0 bridgehead atoms. The molecule has 8 nitrogen and oxygen atoms in total. The minimum atomic E-state index is -2.09. The highest BCUT2D eigenvalue weighted by Gasteiger charge is 2.73. The maximum atomic E-state index is 13.1. The largest absolute Gasteiger partial charge is 0.467 e. The number of aryl methyl sites for hydroxylation is 1. The molecule has 1 spiro atoms. The molecule has 8 heteroatoms. The summed E-state index contributed by atoms with van der Waals surface area (Å²) < 4.78 is 17.1. The number of carbonyl (C=O) groups is 1. The number of nitrogens with one attached hydrogen (secondary N) is 1. The van der Waals surface area contributed by atoms with Gasteiger partial charge in [-0.25, -0.2) is 0 Å². The van der Waals surface area contributed by atoms with Crippen molar-refractivity contribution < 1.29 is 34.0 Å². The summed E-state index contributed by atoms with van der Waals surface area (Å²) in [6.07, 6.45) is -3.96. The first-order valence-electron chi connectivity index (χ1n) is 9.77. The van der Waals surface area contributed by atoms with Crippen LogP contribution >= 0.6 is 0 Å². The fraction of sp³-hybridized carbons (Fsp3) is 0.409. The van der Waals surface area contributed by atoms with E-state index in [-0.39, 0.29) is 5.76 Å². The Labute approximate surface area is 173 Å². The predicted octanol–water partition coefficient (Wildman–Crippen LogP) is 1.27. The number of benzene rings is 1. The smallest absolute Gasteiger partial charge is 0.272 e. The number of aliphatic hydroxyl groups excluding tert-OH is 3. The van der Waals surface area contributed by atoms with Gasteiger partial charge < -0.3 is 34.5 Å². The minimum absolute atomic E-state index is 0.178. The monoisotopic (exact) mass is 415 g/mol. The van der Waals surface area contributed by atoms with Crippen molar-refractivity contribution >= 4 is 11.7 Å². The van der Waals surface area contributed by atoms with Crippen LogP contribution < -0.4 is 5.32 Å². The van der Waals surface area contributed by atoms with Gasteiger partial charge >= 0.3 is 0 Å². The quantitative estimate of drug-likeness (QED) is 0.580. The van der Waals surface area contributed by atoms with E-state index in [4.69, 9.17) is 13.9 Å². The van der Waals surface area contributed by atoms with Crippen molar-refractivity contribution in [2.45, 2.75) is 49.9 Å². The van der Waals surface area contributed by atoms with Crippen LogP contribution in [0.2, 0.25) is 0 Å². The third kappa shape index (κ3) is 2.65. The Morgan fingerprint density at radius 1 is 1.20 bits per heavy atom. The van der Waals surface area contributed by atoms with Gasteiger partial charge in [-0.3, -0.25) is 4.79 Å². The van der Waals surface area contributed by atoms with Gasteiger partial charge in [0.1, 0.15) is 18.0 Å². The Hall–Kier alpha value is -2.65. The number of furan rings is 1. The van der Waals surface area contributed by atoms with Crippen LogP contribution in [-0.4, -0.2) is 51.9 Å². The summed E-state index contributed by atoms with van der Waals surface area (Å²) in [6, 6.07) is 12.0. The van der Waals surface area contributed by atoms with Gasteiger partial charge in [0, 0.05) is 19.1 Å². The molecule has 1 saturated heterocycles. The summed E-state index contributed by atoms with van der Waals surface area (Å²) in [5.41, 5.74) is -3.26. The van der Waals surface area contributed by atoms with Gasteiger partial charge in [-0.1, -0.05) is 37.3 Å². The molecule has 5 atom stereocenters. The zero-order valence-electron chi connectivity index (χ0n) is 17.0. The maximum absolute atomic E-state index is 13.1. The van der Waals surface area contributed by atoms with Gasteiger partial charge in [0.15, 0.2) is 17.6 Å². The molecule has 1 amide bonds. The van der Waals surface area contributed by atoms with E-state index in [2.05, 4.69) is 5.32 Å². The number of aliphatic hydroxyl groups is 3. The van der Waals surface area contributed by atoms with Gasteiger partial charge in [-0.2, -0.15) is 0 Å². The number of rotatable bonds is 5. The van der Waals surface area contributed by atoms with E-state index in [9.17, 15) is 20.1 Å². The number of carbonyl (C=O) groups excluding carboxylic acids is 1. The highest BCUT2D eigenvalue weighted by atomic mass is 16.6. The van der Waals surface area contributed by atoms with E-state index in [1.165, 1.54) is 7.11 Å². The first kappa shape index (κ1) is 20.6. The first-order valence-corrected chi connectivity index (χ1v) is 9.77. The molecule has 160 valence electrons. The molecule has 1 fully saturated rings. The predicted molar refractivity (Wildman–Crippen MR) is 106 cm³/mol. The van der Waals surface area contributed by atoms with E-state index in [1.807, 2.05) is 6.92 Å². The summed E-state index contributed by atoms with van der Waals surface area (Å²) in [4.78, 5) is 13.1. The van der Waals surface area contributed by atoms with Crippen molar-refractivity contribution in [3.63, 3.8) is 0 Å². The third-order valence-electron chi connectivity index (χ3n) is 6.01. The third-order valence-corrected chi connectivity index (χ3v) is 6.01. The Balaban J connectivity index is 1.74. The van der Waals surface area contributed by atoms with E-state index in [0.717, 1.165) is 0 Å². The Bertz CT molecular complexity index is 984. The van der Waals surface area contributed by atoms with Crippen LogP contribution in [-0.2, 0) is 20.7 Å². The molecular weight excluding hydrogens is 390 g/mol. The topological polar surface area (TPSA) is 121 Å². The molecule has 0 radical (unpaired) electrons. The average Bonchev–Trinajstić information content (AvgIpc) is 3.41. The van der Waals surface area contributed by atoms with E-state index in [1.54, 1.807) is 49.4 Å². The van der Waals surface area contributed by atoms with Crippen molar-refractivity contribution in [2.24, 2.45) is 0 Å². The van der Waals surface area contributed by atoms with E-state index >= 15 is 0 Å². The number of amides is 1. The standard InChI is InChI=1S/C22H25NO7/c1-4-14-10-11-15(29-14)16-12(2)17(24)21(30-16)19(26)22(28-3,23-20(21)27)18(25)13-8-6-5-7-9-13/h5-11,17-19,24-26H,4H2,1-3H3,(H,23,27)/t17?,18?,19-,21-,22?/m1/s1. The second-order valence-corrected chi connectivity index (χ2v) is 7.60. The highest BCUT2D eigenvalue weighted by molar-refractivity contribution is 5.94. The second kappa shape index (κ2) is 7.24. The Kier molecular flexibility index (Phi) is 4.98. The normalized spacial score (nSPS) is 31.9. The zero-order valence-corrected chi connectivity index (χ0v) is 17.0. The van der Waals surface area contributed by atoms with Crippen LogP contribution in [0.25, 0.3) is 5.76 Å². The lowest BCUT2D eigenvalue weighted by atomic mass is 9.83. The fourth-order valence-corrected chi connectivity index (χ4v) is 4.22. The van der Waals surface area contributed by atoms with Crippen LogP contribution in [0, 0.1) is 0 Å². The van der Waals surface area contributed by atoms with E-state index < -0.39 is 35.5 Å². The molecule has 0 aliphatic carbocycles. The van der Waals surface area contributed by atoms with Crippen molar-refractivity contribution in [3.8, 4) is 0 Å². The number of methoxy groups -OCH3 is 1. The highest BCUT2D eigenvalue weighted by Crippen LogP contribution is 2.50. The van der Waals surface area contributed by atoms with Crippen LogP contribution in [0.5, 0.6) is 0 Å². The molecule has 1 aromatic heterocycles. The van der Waals surface area contributed by atoms with Crippen LogP contribution in [0.1, 0.15) is 37.0 Å². The lowest BCUT2D eigenvalue weighted by molar-refractivity contribution is -0.204. The lowest BCUT2D eigenvalue weighted by Gasteiger charge is -2.38. The summed E-state index contributed by atoms with van der Waals surface area (Å²) in [7, 11) is 1.26. The Morgan fingerprint density at radius 3 is 2.50 bits per heavy atom. The molecule has 3 unspecified atom stereocenters. The number of hydrogen-bond donors (Lipinski definition) is 4. The maximum Gasteiger partial charge on any atom is 0.272 e. The van der Waals surface area contributed by atoms with Crippen LogP contribution in [0.3, 0.4) is 0 Å². The summed E-state index contributed by atoms with van der Waals surface area (Å²) in [5, 5.41) is 35.8. The summed E-state index contributed by atoms with van der Waals surface area (Å²) in [6.45, 7) is 3.53. The first-order chi connectivity index (χ1) is 14.3. The molecule has 2 aromatic rings.